The number of hydrogen-bond acceptors (Lipinski definition) is 6. The first-order chi connectivity index (χ1) is 11.0. The number of nitro groups is 1. The molecule has 1 aromatic carbocycles. The number of Topliss-reactive ketones (excluding diaryl/α,β-unsaturated/α-hetero) is 1. The molecule has 1 aliphatic heterocycles. The summed E-state index contributed by atoms with van der Waals surface area (Å²) < 4.78 is 12.3. The van der Waals surface area contributed by atoms with Crippen LogP contribution in [0, 0.1) is 17.0 Å². The molecule has 0 radical (unpaired) electrons. The summed E-state index contributed by atoms with van der Waals surface area (Å²) in [5, 5.41) is 15.4. The molecule has 0 N–H and O–H groups in total. The van der Waals surface area contributed by atoms with E-state index in [0.29, 0.717) is 28.1 Å². The summed E-state index contributed by atoms with van der Waals surface area (Å²) in [5.41, 5.74) is 2.41. The Labute approximate surface area is 131 Å². The number of nitro benzene ring substituents is 1. The zero-order valence-corrected chi connectivity index (χ0v) is 12.7. The highest BCUT2D eigenvalue weighted by molar-refractivity contribution is 5.94. The van der Waals surface area contributed by atoms with E-state index in [0.717, 1.165) is 0 Å². The minimum atomic E-state index is -0.451. The van der Waals surface area contributed by atoms with Crippen molar-refractivity contribution < 1.29 is 19.2 Å². The van der Waals surface area contributed by atoms with E-state index in [1.165, 1.54) is 19.1 Å². The highest BCUT2D eigenvalue weighted by Crippen LogP contribution is 2.33. The molecule has 0 saturated heterocycles. The average Bonchev–Trinajstić information content (AvgIpc) is 2.88. The monoisotopic (exact) mass is 317 g/mol. The zero-order valence-electron chi connectivity index (χ0n) is 12.7. The average molecular weight is 317 g/mol. The molecule has 0 bridgehead atoms. The molecule has 0 unspecified atom stereocenters. The van der Waals surface area contributed by atoms with Crippen LogP contribution in [0.5, 0.6) is 5.75 Å². The lowest BCUT2D eigenvalue weighted by molar-refractivity contribution is -0.385. The molecule has 0 spiro atoms. The summed E-state index contributed by atoms with van der Waals surface area (Å²) in [6.07, 6.45) is 1.64. The maximum absolute atomic E-state index is 11.5. The summed E-state index contributed by atoms with van der Waals surface area (Å²) >= 11 is 0. The molecule has 0 atom stereocenters. The van der Waals surface area contributed by atoms with E-state index in [-0.39, 0.29) is 31.4 Å². The third-order valence-electron chi connectivity index (χ3n) is 3.64. The summed E-state index contributed by atoms with van der Waals surface area (Å²) in [7, 11) is 0. The Morgan fingerprint density at radius 1 is 1.48 bits per heavy atom. The number of hydrogen-bond donors (Lipinski definition) is 0. The van der Waals surface area contributed by atoms with Gasteiger partial charge in [0.25, 0.3) is 5.69 Å². The first-order valence-electron chi connectivity index (χ1n) is 7.01. The molecule has 8 heteroatoms. The van der Waals surface area contributed by atoms with Crippen LogP contribution < -0.4 is 4.74 Å². The van der Waals surface area contributed by atoms with E-state index in [2.05, 4.69) is 5.10 Å². The van der Waals surface area contributed by atoms with Crippen LogP contribution in [0.3, 0.4) is 0 Å². The quantitative estimate of drug-likeness (QED) is 0.487. The van der Waals surface area contributed by atoms with E-state index >= 15 is 0 Å². The highest BCUT2D eigenvalue weighted by Gasteiger charge is 2.21. The maximum Gasteiger partial charge on any atom is 0.270 e. The van der Waals surface area contributed by atoms with Gasteiger partial charge >= 0.3 is 0 Å². The normalized spacial score (nSPS) is 13.3. The highest BCUT2D eigenvalue weighted by atomic mass is 16.7. The fourth-order valence-corrected chi connectivity index (χ4v) is 2.62. The lowest BCUT2D eigenvalue weighted by Gasteiger charge is -2.20. The second kappa shape index (κ2) is 5.81. The third kappa shape index (κ3) is 2.93. The zero-order chi connectivity index (χ0) is 16.6. The van der Waals surface area contributed by atoms with Gasteiger partial charge in [0.1, 0.15) is 5.75 Å². The predicted molar refractivity (Wildman–Crippen MR) is 79.5 cm³/mol. The number of carbonyl (C=O) groups excluding carboxylic acids is 1. The smallest absolute Gasteiger partial charge is 0.270 e. The molecule has 1 aromatic heterocycles. The fraction of sp³-hybridized carbons (Fsp3) is 0.333. The molecule has 1 aliphatic rings. The third-order valence-corrected chi connectivity index (χ3v) is 3.64. The summed E-state index contributed by atoms with van der Waals surface area (Å²) in [4.78, 5) is 22.2. The van der Waals surface area contributed by atoms with Gasteiger partial charge in [0.15, 0.2) is 12.6 Å². The minimum Gasteiger partial charge on any atom is -0.467 e. The Morgan fingerprint density at radius 3 is 2.91 bits per heavy atom. The van der Waals surface area contributed by atoms with Crippen molar-refractivity contribution in [1.82, 2.24) is 9.78 Å². The van der Waals surface area contributed by atoms with Gasteiger partial charge in [0, 0.05) is 29.5 Å². The maximum atomic E-state index is 11.5. The van der Waals surface area contributed by atoms with E-state index in [4.69, 9.17) is 9.47 Å². The van der Waals surface area contributed by atoms with Crippen molar-refractivity contribution >= 4 is 11.5 Å². The molecule has 0 aliphatic carbocycles. The van der Waals surface area contributed by atoms with Gasteiger partial charge in [-0.05, 0) is 13.8 Å². The Kier molecular flexibility index (Phi) is 3.83. The molecule has 120 valence electrons. The van der Waals surface area contributed by atoms with Gasteiger partial charge < -0.3 is 9.47 Å². The second-order valence-electron chi connectivity index (χ2n) is 5.34. The predicted octanol–water partition coefficient (Wildman–Crippen LogP) is 2.22. The van der Waals surface area contributed by atoms with Crippen LogP contribution in [0.2, 0.25) is 0 Å². The molecule has 2 aromatic rings. The SMILES string of the molecule is CC(=O)c1cn(Cc2cc([N+](=O)[O-])cc3c2OCOC3)nc1C. The first kappa shape index (κ1) is 15.2. The largest absolute Gasteiger partial charge is 0.467 e. The molecule has 2 heterocycles. The number of carbonyl (C=O) groups is 1. The molecule has 3 rings (SSSR count). The van der Waals surface area contributed by atoms with Gasteiger partial charge in [-0.2, -0.15) is 5.10 Å². The molecular weight excluding hydrogens is 302 g/mol. The summed E-state index contributed by atoms with van der Waals surface area (Å²) in [6, 6.07) is 2.92. The molecule has 0 fully saturated rings. The number of ether oxygens (including phenoxy) is 2. The lowest BCUT2D eigenvalue weighted by atomic mass is 10.1. The van der Waals surface area contributed by atoms with Gasteiger partial charge in [-0.15, -0.1) is 0 Å². The number of nitrogens with zero attached hydrogens (tertiary/aromatic N) is 3. The summed E-state index contributed by atoms with van der Waals surface area (Å²) in [5.74, 6) is 0.513. The number of fused-ring (bicyclic) bond motifs is 1. The van der Waals surface area contributed by atoms with Gasteiger partial charge in [-0.1, -0.05) is 0 Å². The van der Waals surface area contributed by atoms with Crippen molar-refractivity contribution in [2.45, 2.75) is 27.0 Å². The Hall–Kier alpha value is -2.74. The van der Waals surface area contributed by atoms with Crippen molar-refractivity contribution in [3.8, 4) is 5.75 Å². The van der Waals surface area contributed by atoms with Crippen molar-refractivity contribution in [1.29, 1.82) is 0 Å². The van der Waals surface area contributed by atoms with E-state index in [1.807, 2.05) is 0 Å². The molecule has 0 saturated carbocycles. The Morgan fingerprint density at radius 2 is 2.26 bits per heavy atom. The van der Waals surface area contributed by atoms with Gasteiger partial charge in [-0.3, -0.25) is 19.6 Å². The second-order valence-corrected chi connectivity index (χ2v) is 5.34. The molecule has 23 heavy (non-hydrogen) atoms. The Bertz CT molecular complexity index is 797. The van der Waals surface area contributed by atoms with E-state index in [9.17, 15) is 14.9 Å². The van der Waals surface area contributed by atoms with Gasteiger partial charge in [-0.25, -0.2) is 0 Å². The van der Waals surface area contributed by atoms with Crippen LogP contribution in [0.15, 0.2) is 18.3 Å². The van der Waals surface area contributed by atoms with Crippen LogP contribution in [0.25, 0.3) is 0 Å². The van der Waals surface area contributed by atoms with Crippen molar-refractivity contribution in [2.75, 3.05) is 6.79 Å². The Balaban J connectivity index is 2.01. The molecule has 0 amide bonds. The number of non-ortho nitro benzene ring substituents is 1. The molecular formula is C15H15N3O5. The van der Waals surface area contributed by atoms with E-state index < -0.39 is 4.92 Å². The minimum absolute atomic E-state index is 0.0245. The first-order valence-corrected chi connectivity index (χ1v) is 7.01. The number of rotatable bonds is 4. The molecule has 8 nitrogen and oxygen atoms in total. The topological polar surface area (TPSA) is 96.5 Å². The van der Waals surface area contributed by atoms with Crippen LogP contribution in [-0.2, 0) is 17.9 Å². The van der Waals surface area contributed by atoms with Crippen molar-refractivity contribution in [3.63, 3.8) is 0 Å². The lowest BCUT2D eigenvalue weighted by Crippen LogP contribution is -2.15. The number of benzene rings is 1. The number of aryl methyl sites for hydroxylation is 1. The van der Waals surface area contributed by atoms with E-state index in [1.54, 1.807) is 17.8 Å². The standard InChI is InChI=1S/C15H15N3O5/c1-9-14(10(2)19)6-17(16-9)5-11-3-13(18(20)21)4-12-7-22-8-23-15(11)12/h3-4,6H,5,7-8H2,1-2H3. The van der Waals surface area contributed by atoms with Crippen LogP contribution in [0.4, 0.5) is 5.69 Å². The van der Waals surface area contributed by atoms with Crippen LogP contribution >= 0.6 is 0 Å². The summed E-state index contributed by atoms with van der Waals surface area (Å²) in [6.45, 7) is 3.87. The van der Waals surface area contributed by atoms with Gasteiger partial charge in [0.05, 0.1) is 29.3 Å². The van der Waals surface area contributed by atoms with Crippen molar-refractivity contribution in [3.05, 3.63) is 50.8 Å². The van der Waals surface area contributed by atoms with Gasteiger partial charge in [0.2, 0.25) is 0 Å². The van der Waals surface area contributed by atoms with Crippen LogP contribution in [-0.4, -0.2) is 27.3 Å². The van der Waals surface area contributed by atoms with Crippen molar-refractivity contribution in [2.24, 2.45) is 0 Å². The van der Waals surface area contributed by atoms with Crippen LogP contribution in [0.1, 0.15) is 34.1 Å². The fourth-order valence-electron chi connectivity index (χ4n) is 2.62. The number of ketones is 1. The number of aromatic nitrogens is 2.